The van der Waals surface area contributed by atoms with E-state index in [2.05, 4.69) is 24.5 Å². The van der Waals surface area contributed by atoms with E-state index in [1.165, 1.54) is 12.8 Å². The number of carbonyl (C=O) groups is 1. The fourth-order valence-electron chi connectivity index (χ4n) is 2.31. The molecule has 1 aliphatic carbocycles. The van der Waals surface area contributed by atoms with E-state index in [1.807, 2.05) is 20.8 Å². The first-order valence-corrected chi connectivity index (χ1v) is 8.13. The number of hydrogen-bond acceptors (Lipinski definition) is 4. The van der Waals surface area contributed by atoms with Gasteiger partial charge in [-0.1, -0.05) is 13.8 Å². The Labute approximate surface area is 129 Å². The van der Waals surface area contributed by atoms with Crippen LogP contribution < -0.4 is 16.4 Å². The Morgan fingerprint density at radius 3 is 2.33 bits per heavy atom. The number of amides is 1. The monoisotopic (exact) mass is 299 g/mol. The van der Waals surface area contributed by atoms with Crippen LogP contribution >= 0.6 is 0 Å². The second-order valence-corrected chi connectivity index (χ2v) is 7.47. The number of nitrogens with two attached hydrogens (primary N) is 1. The summed E-state index contributed by atoms with van der Waals surface area (Å²) in [5.41, 5.74) is 5.36. The number of nitrogens with one attached hydrogen (secondary N) is 2. The van der Waals surface area contributed by atoms with Gasteiger partial charge in [-0.15, -0.1) is 0 Å². The van der Waals surface area contributed by atoms with Crippen LogP contribution in [0, 0.1) is 17.8 Å². The summed E-state index contributed by atoms with van der Waals surface area (Å²) in [6.07, 6.45) is 2.14. The third-order valence-corrected chi connectivity index (χ3v) is 3.94. The number of hydrogen-bond donors (Lipinski definition) is 3. The molecule has 0 aromatic carbocycles. The van der Waals surface area contributed by atoms with E-state index in [0.717, 1.165) is 6.54 Å². The molecule has 21 heavy (non-hydrogen) atoms. The third-order valence-electron chi connectivity index (χ3n) is 3.94. The van der Waals surface area contributed by atoms with Gasteiger partial charge in [-0.2, -0.15) is 0 Å². The van der Waals surface area contributed by atoms with Crippen LogP contribution in [0.3, 0.4) is 0 Å². The Morgan fingerprint density at radius 1 is 1.29 bits per heavy atom. The van der Waals surface area contributed by atoms with Crippen LogP contribution in [0.25, 0.3) is 0 Å². The van der Waals surface area contributed by atoms with Crippen LogP contribution in [-0.4, -0.2) is 37.4 Å². The average molecular weight is 299 g/mol. The fraction of sp³-hybridized carbons (Fsp3) is 0.938. The first kappa shape index (κ1) is 18.2. The van der Waals surface area contributed by atoms with Gasteiger partial charge in [0.25, 0.3) is 0 Å². The van der Waals surface area contributed by atoms with Crippen molar-refractivity contribution >= 4 is 6.09 Å². The van der Waals surface area contributed by atoms with Crippen molar-refractivity contribution in [1.29, 1.82) is 0 Å². The molecule has 1 saturated carbocycles. The molecule has 1 aliphatic rings. The van der Waals surface area contributed by atoms with Crippen molar-refractivity contribution < 1.29 is 9.53 Å². The van der Waals surface area contributed by atoms with Crippen LogP contribution in [0.5, 0.6) is 0 Å². The van der Waals surface area contributed by atoms with Crippen LogP contribution in [-0.2, 0) is 4.74 Å². The quantitative estimate of drug-likeness (QED) is 0.641. The maximum Gasteiger partial charge on any atom is 0.407 e. The molecule has 124 valence electrons. The zero-order chi connectivity index (χ0) is 16.0. The molecule has 1 amide bonds. The SMILES string of the molecule is CC(C)C(CN)CNC(CNC(=O)OC(C)(C)C)C1CC1. The van der Waals surface area contributed by atoms with E-state index in [4.69, 9.17) is 10.5 Å². The van der Waals surface area contributed by atoms with Crippen LogP contribution in [0.2, 0.25) is 0 Å². The third kappa shape index (κ3) is 7.67. The molecular weight excluding hydrogens is 266 g/mol. The van der Waals surface area contributed by atoms with Crippen molar-refractivity contribution in [2.45, 2.75) is 59.1 Å². The number of ether oxygens (including phenoxy) is 1. The predicted octanol–water partition coefficient (Wildman–Crippen LogP) is 2.11. The molecular formula is C16H33N3O2. The lowest BCUT2D eigenvalue weighted by Crippen LogP contribution is -2.46. The molecule has 0 radical (unpaired) electrons. The van der Waals surface area contributed by atoms with Gasteiger partial charge in [-0.05, 0) is 64.5 Å². The van der Waals surface area contributed by atoms with Gasteiger partial charge >= 0.3 is 6.09 Å². The maximum atomic E-state index is 11.7. The van der Waals surface area contributed by atoms with Gasteiger partial charge in [0.1, 0.15) is 5.60 Å². The molecule has 0 aliphatic heterocycles. The first-order chi connectivity index (χ1) is 9.73. The van der Waals surface area contributed by atoms with Crippen molar-refractivity contribution in [3.05, 3.63) is 0 Å². The summed E-state index contributed by atoms with van der Waals surface area (Å²) in [5.74, 6) is 1.72. The summed E-state index contributed by atoms with van der Waals surface area (Å²) in [7, 11) is 0. The van der Waals surface area contributed by atoms with E-state index in [9.17, 15) is 4.79 Å². The van der Waals surface area contributed by atoms with Crippen molar-refractivity contribution in [3.8, 4) is 0 Å². The molecule has 0 saturated heterocycles. The van der Waals surface area contributed by atoms with Gasteiger partial charge in [0, 0.05) is 12.6 Å². The zero-order valence-electron chi connectivity index (χ0n) is 14.2. The summed E-state index contributed by atoms with van der Waals surface area (Å²) in [4.78, 5) is 11.7. The highest BCUT2D eigenvalue weighted by Crippen LogP contribution is 2.32. The average Bonchev–Trinajstić information content (AvgIpc) is 3.15. The minimum atomic E-state index is -0.450. The molecule has 0 heterocycles. The molecule has 4 N–H and O–H groups in total. The van der Waals surface area contributed by atoms with E-state index in [-0.39, 0.29) is 6.09 Å². The molecule has 5 nitrogen and oxygen atoms in total. The second-order valence-electron chi connectivity index (χ2n) is 7.47. The lowest BCUT2D eigenvalue weighted by molar-refractivity contribution is 0.0520. The van der Waals surface area contributed by atoms with Crippen molar-refractivity contribution in [2.75, 3.05) is 19.6 Å². The molecule has 5 heteroatoms. The summed E-state index contributed by atoms with van der Waals surface area (Å²) in [5, 5.41) is 6.46. The smallest absolute Gasteiger partial charge is 0.407 e. The first-order valence-electron chi connectivity index (χ1n) is 8.13. The van der Waals surface area contributed by atoms with Gasteiger partial charge in [0.2, 0.25) is 0 Å². The molecule has 1 rings (SSSR count). The normalized spacial score (nSPS) is 18.4. The lowest BCUT2D eigenvalue weighted by Gasteiger charge is -2.25. The molecule has 2 atom stereocenters. The molecule has 0 aromatic heterocycles. The van der Waals surface area contributed by atoms with E-state index < -0.39 is 5.60 Å². The number of alkyl carbamates (subject to hydrolysis) is 1. The number of carbonyl (C=O) groups excluding carboxylic acids is 1. The largest absolute Gasteiger partial charge is 0.444 e. The lowest BCUT2D eigenvalue weighted by atomic mass is 9.95. The second kappa shape index (κ2) is 7.99. The van der Waals surface area contributed by atoms with Crippen molar-refractivity contribution in [3.63, 3.8) is 0 Å². The van der Waals surface area contributed by atoms with E-state index in [0.29, 0.717) is 36.9 Å². The summed E-state index contributed by atoms with van der Waals surface area (Å²) in [6.45, 7) is 12.2. The van der Waals surface area contributed by atoms with Crippen molar-refractivity contribution in [1.82, 2.24) is 10.6 Å². The number of rotatable bonds is 8. The topological polar surface area (TPSA) is 76.4 Å². The standard InChI is InChI=1S/C16H33N3O2/c1-11(2)13(8-17)9-18-14(12-6-7-12)10-19-15(20)21-16(3,4)5/h11-14,18H,6-10,17H2,1-5H3,(H,19,20). The Bertz CT molecular complexity index is 322. The molecule has 0 spiro atoms. The van der Waals surface area contributed by atoms with Gasteiger partial charge < -0.3 is 21.1 Å². The van der Waals surface area contributed by atoms with Gasteiger partial charge in [0.05, 0.1) is 0 Å². The molecule has 2 unspecified atom stereocenters. The molecule has 0 aromatic rings. The highest BCUT2D eigenvalue weighted by molar-refractivity contribution is 5.67. The predicted molar refractivity (Wildman–Crippen MR) is 86.1 cm³/mol. The van der Waals surface area contributed by atoms with Gasteiger partial charge in [-0.3, -0.25) is 0 Å². The van der Waals surface area contributed by atoms with E-state index in [1.54, 1.807) is 0 Å². The van der Waals surface area contributed by atoms with Crippen LogP contribution in [0.4, 0.5) is 4.79 Å². The van der Waals surface area contributed by atoms with Gasteiger partial charge in [-0.25, -0.2) is 4.79 Å². The Hall–Kier alpha value is -0.810. The Morgan fingerprint density at radius 2 is 1.90 bits per heavy atom. The fourth-order valence-corrected chi connectivity index (χ4v) is 2.31. The highest BCUT2D eigenvalue weighted by Gasteiger charge is 2.32. The minimum Gasteiger partial charge on any atom is -0.444 e. The Balaban J connectivity index is 2.35. The summed E-state index contributed by atoms with van der Waals surface area (Å²) >= 11 is 0. The highest BCUT2D eigenvalue weighted by atomic mass is 16.6. The summed E-state index contributed by atoms with van der Waals surface area (Å²) < 4.78 is 5.28. The van der Waals surface area contributed by atoms with Crippen molar-refractivity contribution in [2.24, 2.45) is 23.5 Å². The van der Waals surface area contributed by atoms with Crippen LogP contribution in [0.1, 0.15) is 47.5 Å². The Kier molecular flexibility index (Phi) is 6.94. The van der Waals surface area contributed by atoms with E-state index >= 15 is 0 Å². The minimum absolute atomic E-state index is 0.324. The molecule has 1 fully saturated rings. The van der Waals surface area contributed by atoms with Gasteiger partial charge in [0.15, 0.2) is 0 Å². The zero-order valence-corrected chi connectivity index (χ0v) is 14.2. The molecule has 0 bridgehead atoms. The maximum absolute atomic E-state index is 11.7. The summed E-state index contributed by atoms with van der Waals surface area (Å²) in [6, 6.07) is 0.324. The van der Waals surface area contributed by atoms with Crippen LogP contribution in [0.15, 0.2) is 0 Å².